The molecule has 0 bridgehead atoms. The lowest BCUT2D eigenvalue weighted by Crippen LogP contribution is -2.16. The van der Waals surface area contributed by atoms with Crippen LogP contribution in [0.15, 0.2) is 24.3 Å². The highest BCUT2D eigenvalue weighted by Crippen LogP contribution is 2.34. The van der Waals surface area contributed by atoms with E-state index in [-0.39, 0.29) is 29.3 Å². The number of anilines is 1. The third kappa shape index (κ3) is 4.63. The number of benzene rings is 1. The van der Waals surface area contributed by atoms with Gasteiger partial charge in [-0.25, -0.2) is 4.79 Å². The van der Waals surface area contributed by atoms with Crippen LogP contribution in [-0.2, 0) is 10.2 Å². The summed E-state index contributed by atoms with van der Waals surface area (Å²) in [5, 5.41) is 3.10. The van der Waals surface area contributed by atoms with Crippen LogP contribution in [0.25, 0.3) is 0 Å². The SMILES string of the molecule is CCOC(=O)c1c(NC(=O)c2ccc(C(C)(C)C)cc2)sc(C(C)=O)c1C. The first-order valence-corrected chi connectivity index (χ1v) is 9.61. The molecule has 0 radical (unpaired) electrons. The Morgan fingerprint density at radius 2 is 1.70 bits per heavy atom. The van der Waals surface area contributed by atoms with Crippen LogP contribution in [0, 0.1) is 6.92 Å². The number of rotatable bonds is 5. The van der Waals surface area contributed by atoms with Gasteiger partial charge in [-0.15, -0.1) is 11.3 Å². The van der Waals surface area contributed by atoms with Crippen LogP contribution < -0.4 is 5.32 Å². The van der Waals surface area contributed by atoms with Gasteiger partial charge in [0.25, 0.3) is 5.91 Å². The second-order valence-electron chi connectivity index (χ2n) is 7.32. The Labute approximate surface area is 163 Å². The molecular formula is C21H25NO4S. The quantitative estimate of drug-likeness (QED) is 0.580. The highest BCUT2D eigenvalue weighted by atomic mass is 32.1. The van der Waals surface area contributed by atoms with E-state index in [9.17, 15) is 14.4 Å². The highest BCUT2D eigenvalue weighted by Gasteiger charge is 2.25. The van der Waals surface area contributed by atoms with E-state index in [0.717, 1.165) is 16.9 Å². The summed E-state index contributed by atoms with van der Waals surface area (Å²) in [6.45, 7) is 11.4. The number of ketones is 1. The van der Waals surface area contributed by atoms with Crippen LogP contribution in [0.1, 0.15) is 76.1 Å². The molecule has 0 aliphatic rings. The van der Waals surface area contributed by atoms with E-state index >= 15 is 0 Å². The number of hydrogen-bond acceptors (Lipinski definition) is 5. The molecule has 0 saturated heterocycles. The van der Waals surface area contributed by atoms with E-state index in [2.05, 4.69) is 26.1 Å². The molecule has 0 aliphatic heterocycles. The van der Waals surface area contributed by atoms with Gasteiger partial charge in [0.1, 0.15) is 5.00 Å². The molecule has 0 spiro atoms. The fourth-order valence-electron chi connectivity index (χ4n) is 2.68. The van der Waals surface area contributed by atoms with Gasteiger partial charge >= 0.3 is 5.97 Å². The van der Waals surface area contributed by atoms with Crippen molar-refractivity contribution >= 4 is 34.0 Å². The minimum Gasteiger partial charge on any atom is -0.462 e. The molecule has 1 N–H and O–H groups in total. The highest BCUT2D eigenvalue weighted by molar-refractivity contribution is 7.18. The van der Waals surface area contributed by atoms with Crippen molar-refractivity contribution in [1.29, 1.82) is 0 Å². The Morgan fingerprint density at radius 3 is 2.19 bits per heavy atom. The predicted octanol–water partition coefficient (Wildman–Crippen LogP) is 4.99. The lowest BCUT2D eigenvalue weighted by Gasteiger charge is -2.19. The van der Waals surface area contributed by atoms with E-state index in [1.54, 1.807) is 26.0 Å². The Bertz CT molecular complexity index is 873. The van der Waals surface area contributed by atoms with Gasteiger partial charge < -0.3 is 10.1 Å². The number of esters is 1. The average Bonchev–Trinajstić information content (AvgIpc) is 2.90. The number of hydrogen-bond donors (Lipinski definition) is 1. The van der Waals surface area contributed by atoms with Crippen LogP contribution in [0.5, 0.6) is 0 Å². The van der Waals surface area contributed by atoms with Gasteiger partial charge in [0.05, 0.1) is 17.0 Å². The van der Waals surface area contributed by atoms with Crippen molar-refractivity contribution in [3.63, 3.8) is 0 Å². The average molecular weight is 388 g/mol. The Hall–Kier alpha value is -2.47. The zero-order valence-corrected chi connectivity index (χ0v) is 17.4. The third-order valence-electron chi connectivity index (χ3n) is 4.19. The van der Waals surface area contributed by atoms with E-state index in [1.165, 1.54) is 6.92 Å². The zero-order chi connectivity index (χ0) is 20.4. The summed E-state index contributed by atoms with van der Waals surface area (Å²) in [5.74, 6) is -1.03. The first kappa shape index (κ1) is 20.8. The minimum absolute atomic E-state index is 0.00661. The van der Waals surface area contributed by atoms with Crippen LogP contribution >= 0.6 is 11.3 Å². The van der Waals surface area contributed by atoms with Crippen molar-refractivity contribution in [2.75, 3.05) is 11.9 Å². The van der Waals surface area contributed by atoms with E-state index in [0.29, 0.717) is 21.0 Å². The van der Waals surface area contributed by atoms with Crippen molar-refractivity contribution in [2.45, 2.75) is 47.0 Å². The molecule has 5 nitrogen and oxygen atoms in total. The molecule has 6 heteroatoms. The fraction of sp³-hybridized carbons (Fsp3) is 0.381. The zero-order valence-electron chi connectivity index (χ0n) is 16.6. The van der Waals surface area contributed by atoms with Gasteiger partial charge in [-0.1, -0.05) is 32.9 Å². The lowest BCUT2D eigenvalue weighted by atomic mass is 9.87. The summed E-state index contributed by atoms with van der Waals surface area (Å²) in [7, 11) is 0. The maximum Gasteiger partial charge on any atom is 0.341 e. The molecule has 0 aliphatic carbocycles. The van der Waals surface area contributed by atoms with Crippen molar-refractivity contribution in [3.05, 3.63) is 51.4 Å². The van der Waals surface area contributed by atoms with Crippen molar-refractivity contribution in [3.8, 4) is 0 Å². The van der Waals surface area contributed by atoms with Crippen LogP contribution in [0.3, 0.4) is 0 Å². The maximum atomic E-state index is 12.7. The second-order valence-corrected chi connectivity index (χ2v) is 8.34. The summed E-state index contributed by atoms with van der Waals surface area (Å²) in [4.78, 5) is 37.3. The number of thiophene rings is 1. The van der Waals surface area contributed by atoms with E-state index < -0.39 is 5.97 Å². The van der Waals surface area contributed by atoms with Crippen LogP contribution in [0.4, 0.5) is 5.00 Å². The lowest BCUT2D eigenvalue weighted by molar-refractivity contribution is 0.0527. The monoisotopic (exact) mass is 387 g/mol. The Balaban J connectivity index is 2.35. The molecule has 1 amide bonds. The molecule has 0 saturated carbocycles. The van der Waals surface area contributed by atoms with Gasteiger partial charge in [0.15, 0.2) is 5.78 Å². The topological polar surface area (TPSA) is 72.5 Å². The molecule has 0 fully saturated rings. The molecule has 1 heterocycles. The molecule has 1 aromatic heterocycles. The summed E-state index contributed by atoms with van der Waals surface area (Å²) >= 11 is 1.10. The Kier molecular flexibility index (Phi) is 6.21. The number of amides is 1. The third-order valence-corrected chi connectivity index (χ3v) is 5.49. The first-order valence-electron chi connectivity index (χ1n) is 8.79. The molecule has 1 aromatic carbocycles. The summed E-state index contributed by atoms with van der Waals surface area (Å²) in [6.07, 6.45) is 0. The number of Topliss-reactive ketones (excluding diaryl/α,β-unsaturated/α-hetero) is 1. The molecular weight excluding hydrogens is 362 g/mol. The van der Waals surface area contributed by atoms with Gasteiger partial charge in [-0.3, -0.25) is 9.59 Å². The number of ether oxygens (including phenoxy) is 1. The molecule has 0 unspecified atom stereocenters. The Morgan fingerprint density at radius 1 is 1.11 bits per heavy atom. The fourth-order valence-corrected chi connectivity index (χ4v) is 3.77. The van der Waals surface area contributed by atoms with Crippen LogP contribution in [-0.4, -0.2) is 24.3 Å². The van der Waals surface area contributed by atoms with Gasteiger partial charge in [0.2, 0.25) is 0 Å². The first-order chi connectivity index (χ1) is 12.6. The molecule has 2 rings (SSSR count). The van der Waals surface area contributed by atoms with Gasteiger partial charge in [-0.05, 0) is 49.4 Å². The summed E-state index contributed by atoms with van der Waals surface area (Å²) < 4.78 is 5.09. The molecule has 2 aromatic rings. The van der Waals surface area contributed by atoms with Crippen LogP contribution in [0.2, 0.25) is 0 Å². The molecule has 0 atom stereocenters. The summed E-state index contributed by atoms with van der Waals surface area (Å²) in [5.41, 5.74) is 2.37. The van der Waals surface area contributed by atoms with E-state index in [1.807, 2.05) is 12.1 Å². The predicted molar refractivity (Wildman–Crippen MR) is 108 cm³/mol. The van der Waals surface area contributed by atoms with Gasteiger partial charge in [-0.2, -0.15) is 0 Å². The minimum atomic E-state index is -0.544. The standard InChI is InChI=1S/C21H25NO4S/c1-7-26-20(25)16-12(2)17(13(3)23)27-19(16)22-18(24)14-8-10-15(11-9-14)21(4,5)6/h8-11H,7H2,1-6H3,(H,22,24). The number of carbonyl (C=O) groups is 3. The number of carbonyl (C=O) groups excluding carboxylic acids is 3. The van der Waals surface area contributed by atoms with Gasteiger partial charge in [0, 0.05) is 5.56 Å². The summed E-state index contributed by atoms with van der Waals surface area (Å²) in [6, 6.07) is 7.35. The van der Waals surface area contributed by atoms with Crippen molar-refractivity contribution in [1.82, 2.24) is 0 Å². The second kappa shape index (κ2) is 8.05. The molecule has 27 heavy (non-hydrogen) atoms. The van der Waals surface area contributed by atoms with E-state index in [4.69, 9.17) is 4.74 Å². The van der Waals surface area contributed by atoms with Crippen molar-refractivity contribution in [2.24, 2.45) is 0 Å². The molecule has 144 valence electrons. The largest absolute Gasteiger partial charge is 0.462 e. The normalized spacial score (nSPS) is 11.2. The maximum absolute atomic E-state index is 12.7. The smallest absolute Gasteiger partial charge is 0.341 e. The van der Waals surface area contributed by atoms with Crippen molar-refractivity contribution < 1.29 is 19.1 Å². The number of nitrogens with one attached hydrogen (secondary N) is 1.